The number of hydrogen-bond donors (Lipinski definition) is 1. The number of benzene rings is 2. The Bertz CT molecular complexity index is 1050. The first-order valence-corrected chi connectivity index (χ1v) is 13.3. The molecular weight excluding hydrogens is 477 g/mol. The van der Waals surface area contributed by atoms with Crippen molar-refractivity contribution >= 4 is 19.8 Å². The van der Waals surface area contributed by atoms with Crippen molar-refractivity contribution in [2.45, 2.75) is 58.1 Å². The standard InChI is InChI=1S/C24H31N2O.F6P/c1-16(2)19-10-7-11-20(17(3)4)23(19)25-12-13-26(15-25)24-21-9-6-5-8-18(21)14-22(24)27;1-7(2,3,4,5)6/h5-11,15-17,22,24,27H,12-14H2,1-4H3;/q+1;-1/t22-,24+;/m1./s1. The number of aliphatic hydroxyl groups excluding tert-OH is 1. The molecule has 0 saturated heterocycles. The molecule has 190 valence electrons. The van der Waals surface area contributed by atoms with Crippen molar-refractivity contribution < 1.29 is 34.9 Å². The summed E-state index contributed by atoms with van der Waals surface area (Å²) in [5, 5.41) is 10.7. The van der Waals surface area contributed by atoms with Gasteiger partial charge in [-0.15, -0.1) is 0 Å². The van der Waals surface area contributed by atoms with Crippen LogP contribution in [0, 0.1) is 0 Å². The van der Waals surface area contributed by atoms with Gasteiger partial charge in [0, 0.05) is 23.1 Å². The molecule has 0 unspecified atom stereocenters. The first-order valence-electron chi connectivity index (χ1n) is 11.2. The summed E-state index contributed by atoms with van der Waals surface area (Å²) in [5.41, 5.74) is 6.75. The van der Waals surface area contributed by atoms with E-state index in [1.54, 1.807) is 0 Å². The van der Waals surface area contributed by atoms with E-state index >= 15 is 0 Å². The van der Waals surface area contributed by atoms with E-state index in [2.05, 4.69) is 86.0 Å². The summed E-state index contributed by atoms with van der Waals surface area (Å²) in [7, 11) is -10.7. The molecule has 2 aromatic rings. The molecule has 1 aliphatic heterocycles. The Hall–Kier alpha value is -2.12. The molecule has 3 nitrogen and oxygen atoms in total. The zero-order valence-electron chi connectivity index (χ0n) is 19.6. The summed E-state index contributed by atoms with van der Waals surface area (Å²) in [4.78, 5) is 2.42. The van der Waals surface area contributed by atoms with Crippen molar-refractivity contribution in [2.24, 2.45) is 0 Å². The molecule has 1 aliphatic carbocycles. The van der Waals surface area contributed by atoms with Gasteiger partial charge in [0.15, 0.2) is 0 Å². The SMILES string of the molecule is CC(C)c1cccc(C(C)C)c1N1C=[N+]([C@H]2c3ccccc3C[C@H]2O)CC1.F[P-](F)(F)(F)(F)F. The van der Waals surface area contributed by atoms with Gasteiger partial charge < -0.3 is 5.11 Å². The first-order chi connectivity index (χ1) is 15.4. The van der Waals surface area contributed by atoms with Gasteiger partial charge in [-0.25, -0.2) is 4.90 Å². The Morgan fingerprint density at radius 1 is 0.882 bits per heavy atom. The second-order valence-electron chi connectivity index (χ2n) is 9.51. The number of aliphatic hydroxyl groups is 1. The van der Waals surface area contributed by atoms with Gasteiger partial charge >= 0.3 is 33.0 Å². The Morgan fingerprint density at radius 2 is 1.41 bits per heavy atom. The maximum absolute atomic E-state index is 10.7. The normalized spacial score (nSPS) is 22.1. The Balaban J connectivity index is 0.000000406. The molecule has 4 rings (SSSR count). The van der Waals surface area contributed by atoms with Crippen molar-refractivity contribution in [1.29, 1.82) is 0 Å². The minimum absolute atomic E-state index is 0.0694. The number of anilines is 1. The van der Waals surface area contributed by atoms with Gasteiger partial charge in [0.1, 0.15) is 30.9 Å². The maximum atomic E-state index is 10.7. The van der Waals surface area contributed by atoms with Crippen LogP contribution in [0.5, 0.6) is 0 Å². The van der Waals surface area contributed by atoms with E-state index in [-0.39, 0.29) is 12.1 Å². The van der Waals surface area contributed by atoms with Gasteiger partial charge in [-0.05, 0) is 17.4 Å². The van der Waals surface area contributed by atoms with Crippen molar-refractivity contribution in [3.05, 3.63) is 64.7 Å². The third-order valence-corrected chi connectivity index (χ3v) is 6.04. The fraction of sp³-hybridized carbons (Fsp3) is 0.458. The predicted molar refractivity (Wildman–Crippen MR) is 126 cm³/mol. The molecule has 34 heavy (non-hydrogen) atoms. The molecule has 2 aromatic carbocycles. The summed E-state index contributed by atoms with van der Waals surface area (Å²) in [6, 6.07) is 15.3. The molecule has 0 aromatic heterocycles. The fourth-order valence-corrected chi connectivity index (χ4v) is 4.69. The summed E-state index contributed by atoms with van der Waals surface area (Å²) < 4.78 is 61.5. The Kier molecular flexibility index (Phi) is 6.64. The molecule has 0 saturated carbocycles. The Labute approximate surface area is 196 Å². The first kappa shape index (κ1) is 26.5. The van der Waals surface area contributed by atoms with Crippen LogP contribution < -0.4 is 4.90 Å². The third kappa shape index (κ3) is 6.95. The molecule has 0 amide bonds. The second kappa shape index (κ2) is 8.52. The van der Waals surface area contributed by atoms with Crippen LogP contribution in [0.2, 0.25) is 0 Å². The van der Waals surface area contributed by atoms with Crippen molar-refractivity contribution in [1.82, 2.24) is 0 Å². The zero-order valence-corrected chi connectivity index (χ0v) is 20.5. The van der Waals surface area contributed by atoms with E-state index in [9.17, 15) is 30.3 Å². The van der Waals surface area contributed by atoms with Crippen LogP contribution in [-0.4, -0.2) is 35.2 Å². The zero-order chi connectivity index (χ0) is 25.5. The van der Waals surface area contributed by atoms with Crippen LogP contribution in [0.15, 0.2) is 42.5 Å². The molecule has 0 bridgehead atoms. The monoisotopic (exact) mass is 508 g/mol. The summed E-state index contributed by atoms with van der Waals surface area (Å²) in [6.07, 6.45) is 2.68. The van der Waals surface area contributed by atoms with Crippen molar-refractivity contribution in [2.75, 3.05) is 18.0 Å². The number of rotatable bonds is 4. The molecule has 1 heterocycles. The van der Waals surface area contributed by atoms with Crippen LogP contribution in [-0.2, 0) is 6.42 Å². The molecule has 0 fully saturated rings. The van der Waals surface area contributed by atoms with Crippen molar-refractivity contribution in [3.63, 3.8) is 0 Å². The average molecular weight is 508 g/mol. The number of para-hydroxylation sites is 1. The van der Waals surface area contributed by atoms with E-state index in [4.69, 9.17) is 0 Å². The number of nitrogens with zero attached hydrogens (tertiary/aromatic N) is 2. The number of hydrogen-bond acceptors (Lipinski definition) is 2. The summed E-state index contributed by atoms with van der Waals surface area (Å²) in [6.45, 7) is 11.0. The van der Waals surface area contributed by atoms with E-state index in [0.29, 0.717) is 11.8 Å². The molecule has 1 N–H and O–H groups in total. The fourth-order valence-electron chi connectivity index (χ4n) is 4.69. The van der Waals surface area contributed by atoms with Gasteiger partial charge in [0.2, 0.25) is 6.34 Å². The van der Waals surface area contributed by atoms with E-state index in [0.717, 1.165) is 19.5 Å². The molecule has 2 atom stereocenters. The van der Waals surface area contributed by atoms with Gasteiger partial charge in [-0.2, -0.15) is 0 Å². The average Bonchev–Trinajstić information content (AvgIpc) is 3.27. The molecule has 0 radical (unpaired) electrons. The number of fused-ring (bicyclic) bond motifs is 1. The van der Waals surface area contributed by atoms with Crippen LogP contribution in [0.1, 0.15) is 67.8 Å². The molecule has 10 heteroatoms. The predicted octanol–water partition coefficient (Wildman–Crippen LogP) is 7.83. The van der Waals surface area contributed by atoms with Crippen LogP contribution in [0.4, 0.5) is 30.9 Å². The summed E-state index contributed by atoms with van der Waals surface area (Å²) >= 11 is 0. The summed E-state index contributed by atoms with van der Waals surface area (Å²) in [5.74, 6) is 0.970. The van der Waals surface area contributed by atoms with Gasteiger partial charge in [0.25, 0.3) is 0 Å². The van der Waals surface area contributed by atoms with Gasteiger partial charge in [0.05, 0.1) is 0 Å². The Morgan fingerprint density at radius 3 is 1.94 bits per heavy atom. The van der Waals surface area contributed by atoms with Crippen LogP contribution >= 0.6 is 7.81 Å². The van der Waals surface area contributed by atoms with E-state index < -0.39 is 7.81 Å². The van der Waals surface area contributed by atoms with E-state index in [1.807, 2.05) is 0 Å². The van der Waals surface area contributed by atoms with E-state index in [1.165, 1.54) is 27.9 Å². The number of halogens is 6. The topological polar surface area (TPSA) is 26.5 Å². The quantitative estimate of drug-likeness (QED) is 0.259. The minimum atomic E-state index is -10.7. The second-order valence-corrected chi connectivity index (χ2v) is 11.4. The van der Waals surface area contributed by atoms with Gasteiger partial charge in [-0.3, -0.25) is 4.58 Å². The molecule has 2 aliphatic rings. The van der Waals surface area contributed by atoms with Crippen LogP contribution in [0.3, 0.4) is 0 Å². The third-order valence-electron chi connectivity index (χ3n) is 6.04. The van der Waals surface area contributed by atoms with Gasteiger partial charge in [-0.1, -0.05) is 70.2 Å². The molecular formula is C24H31F6N2OP. The van der Waals surface area contributed by atoms with Crippen molar-refractivity contribution in [3.8, 4) is 0 Å². The van der Waals surface area contributed by atoms with Crippen LogP contribution in [0.25, 0.3) is 0 Å². The molecule has 0 spiro atoms.